The molecule has 0 bridgehead atoms. The number of nitrogens with one attached hydrogen (secondary N) is 1. The van der Waals surface area contributed by atoms with E-state index in [1.807, 2.05) is 6.92 Å². The van der Waals surface area contributed by atoms with Crippen molar-refractivity contribution in [2.24, 2.45) is 0 Å². The van der Waals surface area contributed by atoms with E-state index in [0.717, 1.165) is 25.7 Å². The molecular weight excluding hydrogens is 269 g/mol. The zero-order chi connectivity index (χ0) is 15.3. The van der Waals surface area contributed by atoms with Crippen molar-refractivity contribution in [1.29, 1.82) is 0 Å². The minimum atomic E-state index is -0.544. The topological polar surface area (TPSA) is 49.3 Å². The fraction of sp³-hybridized carbons (Fsp3) is 0.471. The molecule has 1 amide bonds. The van der Waals surface area contributed by atoms with Crippen LogP contribution in [-0.4, -0.2) is 23.2 Å². The summed E-state index contributed by atoms with van der Waals surface area (Å²) in [5.41, 5.74) is 0.291. The third-order valence-electron chi connectivity index (χ3n) is 3.91. The Labute approximate surface area is 124 Å². The van der Waals surface area contributed by atoms with E-state index in [2.05, 4.69) is 17.2 Å². The summed E-state index contributed by atoms with van der Waals surface area (Å²) in [5, 5.41) is 11.6. The molecule has 2 rings (SSSR count). The van der Waals surface area contributed by atoms with Crippen molar-refractivity contribution in [1.82, 2.24) is 5.32 Å². The summed E-state index contributed by atoms with van der Waals surface area (Å²) < 4.78 is 13.8. The van der Waals surface area contributed by atoms with E-state index < -0.39 is 5.82 Å². The SMILES string of the molecule is CC1(NC(=O)c2ccc(C#CCO)c(F)c2)CCCCC1. The first-order valence-corrected chi connectivity index (χ1v) is 7.26. The van der Waals surface area contributed by atoms with Crippen LogP contribution < -0.4 is 5.32 Å². The molecule has 1 saturated carbocycles. The van der Waals surface area contributed by atoms with Crippen LogP contribution in [0.1, 0.15) is 54.9 Å². The second kappa shape index (κ2) is 6.73. The van der Waals surface area contributed by atoms with Crippen LogP contribution in [0.2, 0.25) is 0 Å². The van der Waals surface area contributed by atoms with Gasteiger partial charge in [0.1, 0.15) is 12.4 Å². The van der Waals surface area contributed by atoms with E-state index in [0.29, 0.717) is 5.56 Å². The summed E-state index contributed by atoms with van der Waals surface area (Å²) in [5.74, 6) is 4.11. The van der Waals surface area contributed by atoms with Gasteiger partial charge in [-0.3, -0.25) is 4.79 Å². The van der Waals surface area contributed by atoms with E-state index >= 15 is 0 Å². The lowest BCUT2D eigenvalue weighted by molar-refractivity contribution is 0.0882. The van der Waals surface area contributed by atoms with E-state index in [-0.39, 0.29) is 23.6 Å². The molecular formula is C17H20FNO2. The molecule has 0 aromatic heterocycles. The first-order valence-electron chi connectivity index (χ1n) is 7.26. The minimum absolute atomic E-state index is 0.185. The largest absolute Gasteiger partial charge is 0.384 e. The predicted octanol–water partition coefficient (Wildman–Crippen LogP) is 2.62. The summed E-state index contributed by atoms with van der Waals surface area (Å²) in [6.45, 7) is 1.72. The van der Waals surface area contributed by atoms with Crippen LogP contribution in [0.25, 0.3) is 0 Å². The maximum atomic E-state index is 13.8. The Balaban J connectivity index is 2.11. The molecule has 1 aliphatic rings. The first-order chi connectivity index (χ1) is 10.0. The Morgan fingerprint density at radius 2 is 2.10 bits per heavy atom. The van der Waals surface area contributed by atoms with Gasteiger partial charge in [-0.15, -0.1) is 0 Å². The number of carbonyl (C=O) groups excluding carboxylic acids is 1. The zero-order valence-electron chi connectivity index (χ0n) is 12.2. The van der Waals surface area contributed by atoms with Gasteiger partial charge in [0.15, 0.2) is 0 Å². The summed E-state index contributed by atoms with van der Waals surface area (Å²) in [6, 6.07) is 4.23. The lowest BCUT2D eigenvalue weighted by Gasteiger charge is -2.34. The average Bonchev–Trinajstić information content (AvgIpc) is 2.46. The number of aliphatic hydroxyl groups is 1. The summed E-state index contributed by atoms with van der Waals surface area (Å²) >= 11 is 0. The van der Waals surface area contributed by atoms with Gasteiger partial charge in [0.2, 0.25) is 0 Å². The molecule has 0 spiro atoms. The van der Waals surface area contributed by atoms with Crippen molar-refractivity contribution < 1.29 is 14.3 Å². The van der Waals surface area contributed by atoms with Gasteiger partial charge in [-0.2, -0.15) is 0 Å². The van der Waals surface area contributed by atoms with Crippen LogP contribution in [0, 0.1) is 17.7 Å². The molecule has 1 aliphatic carbocycles. The quantitative estimate of drug-likeness (QED) is 0.822. The van der Waals surface area contributed by atoms with Gasteiger partial charge in [-0.05, 0) is 38.0 Å². The number of aliphatic hydroxyl groups excluding tert-OH is 1. The van der Waals surface area contributed by atoms with Gasteiger partial charge in [-0.1, -0.05) is 31.1 Å². The summed E-state index contributed by atoms with van der Waals surface area (Å²) in [6.07, 6.45) is 5.35. The number of amides is 1. The molecule has 4 heteroatoms. The minimum Gasteiger partial charge on any atom is -0.384 e. The smallest absolute Gasteiger partial charge is 0.251 e. The van der Waals surface area contributed by atoms with Crippen LogP contribution >= 0.6 is 0 Å². The molecule has 21 heavy (non-hydrogen) atoms. The van der Waals surface area contributed by atoms with Crippen molar-refractivity contribution in [2.45, 2.75) is 44.6 Å². The van der Waals surface area contributed by atoms with Gasteiger partial charge in [0.25, 0.3) is 5.91 Å². The summed E-state index contributed by atoms with van der Waals surface area (Å²) in [7, 11) is 0. The fourth-order valence-corrected chi connectivity index (χ4v) is 2.70. The fourth-order valence-electron chi connectivity index (χ4n) is 2.70. The lowest BCUT2D eigenvalue weighted by atomic mass is 9.83. The molecule has 112 valence electrons. The van der Waals surface area contributed by atoms with E-state index in [4.69, 9.17) is 5.11 Å². The van der Waals surface area contributed by atoms with Crippen LogP contribution in [0.3, 0.4) is 0 Å². The molecule has 1 aromatic carbocycles. The van der Waals surface area contributed by atoms with E-state index in [9.17, 15) is 9.18 Å². The third-order valence-corrected chi connectivity index (χ3v) is 3.91. The molecule has 0 aliphatic heterocycles. The Morgan fingerprint density at radius 1 is 1.38 bits per heavy atom. The van der Waals surface area contributed by atoms with Crippen molar-refractivity contribution >= 4 is 5.91 Å². The Bertz CT molecular complexity index is 580. The monoisotopic (exact) mass is 289 g/mol. The molecule has 2 N–H and O–H groups in total. The number of rotatable bonds is 2. The molecule has 0 radical (unpaired) electrons. The van der Waals surface area contributed by atoms with Crippen LogP contribution in [0.5, 0.6) is 0 Å². The van der Waals surface area contributed by atoms with E-state index in [1.165, 1.54) is 18.6 Å². The highest BCUT2D eigenvalue weighted by Crippen LogP contribution is 2.27. The molecule has 0 atom stereocenters. The predicted molar refractivity (Wildman–Crippen MR) is 79.3 cm³/mol. The van der Waals surface area contributed by atoms with Gasteiger partial charge in [-0.25, -0.2) is 4.39 Å². The van der Waals surface area contributed by atoms with Crippen molar-refractivity contribution in [3.05, 3.63) is 35.1 Å². The zero-order valence-corrected chi connectivity index (χ0v) is 12.2. The van der Waals surface area contributed by atoms with Gasteiger partial charge in [0, 0.05) is 11.1 Å². The Hall–Kier alpha value is -1.86. The normalized spacial score (nSPS) is 16.7. The molecule has 3 nitrogen and oxygen atoms in total. The molecule has 0 saturated heterocycles. The van der Waals surface area contributed by atoms with Crippen LogP contribution in [0.15, 0.2) is 18.2 Å². The molecule has 1 aromatic rings. The number of hydrogen-bond donors (Lipinski definition) is 2. The standard InChI is InChI=1S/C17H20FNO2/c1-17(9-3-2-4-10-17)19-16(21)14-8-7-13(6-5-11-20)15(18)12-14/h7-8,12,20H,2-4,9-11H2,1H3,(H,19,21). The molecule has 0 unspecified atom stereocenters. The second-order valence-corrected chi connectivity index (χ2v) is 5.73. The summed E-state index contributed by atoms with van der Waals surface area (Å²) in [4.78, 5) is 12.2. The van der Waals surface area contributed by atoms with Crippen LogP contribution in [0.4, 0.5) is 4.39 Å². The third kappa shape index (κ3) is 4.05. The maximum absolute atomic E-state index is 13.8. The number of benzene rings is 1. The highest BCUT2D eigenvalue weighted by molar-refractivity contribution is 5.94. The number of halogens is 1. The van der Waals surface area contributed by atoms with Crippen molar-refractivity contribution in [3.8, 4) is 11.8 Å². The first kappa shape index (κ1) is 15.5. The van der Waals surface area contributed by atoms with Gasteiger partial charge < -0.3 is 10.4 Å². The second-order valence-electron chi connectivity index (χ2n) is 5.73. The average molecular weight is 289 g/mol. The van der Waals surface area contributed by atoms with E-state index in [1.54, 1.807) is 6.07 Å². The maximum Gasteiger partial charge on any atom is 0.251 e. The Morgan fingerprint density at radius 3 is 2.71 bits per heavy atom. The Kier molecular flexibility index (Phi) is 4.98. The number of carbonyl (C=O) groups is 1. The molecule has 1 fully saturated rings. The lowest BCUT2D eigenvalue weighted by Crippen LogP contribution is -2.47. The van der Waals surface area contributed by atoms with Crippen LogP contribution in [-0.2, 0) is 0 Å². The molecule has 0 heterocycles. The highest BCUT2D eigenvalue weighted by atomic mass is 19.1. The number of hydrogen-bond acceptors (Lipinski definition) is 2. The van der Waals surface area contributed by atoms with Crippen molar-refractivity contribution in [3.63, 3.8) is 0 Å². The highest BCUT2D eigenvalue weighted by Gasteiger charge is 2.28. The van der Waals surface area contributed by atoms with Gasteiger partial charge in [0.05, 0.1) is 5.56 Å². The van der Waals surface area contributed by atoms with Crippen molar-refractivity contribution in [2.75, 3.05) is 6.61 Å². The van der Waals surface area contributed by atoms with Gasteiger partial charge >= 0.3 is 0 Å².